The van der Waals surface area contributed by atoms with Gasteiger partial charge >= 0.3 is 0 Å². The number of hydrogen-bond acceptors (Lipinski definition) is 1. The van der Waals surface area contributed by atoms with Crippen molar-refractivity contribution in [3.05, 3.63) is 127 Å². The van der Waals surface area contributed by atoms with Gasteiger partial charge in [0.15, 0.2) is 11.6 Å². The fraction of sp³-hybridized carbons (Fsp3) is 0. The van der Waals surface area contributed by atoms with E-state index in [9.17, 15) is 9.50 Å². The molecule has 0 bridgehead atoms. The largest absolute Gasteiger partial charge is 0.504 e. The number of hydrogen-bond donors (Lipinski definition) is 1. The minimum Gasteiger partial charge on any atom is -0.504 e. The lowest BCUT2D eigenvalue weighted by atomic mass is 9.89. The number of rotatable bonds is 3. The van der Waals surface area contributed by atoms with Crippen molar-refractivity contribution < 1.29 is 9.50 Å². The molecule has 6 aromatic rings. The van der Waals surface area contributed by atoms with Crippen LogP contribution in [-0.4, -0.2) is 5.11 Å². The van der Waals surface area contributed by atoms with E-state index in [1.165, 1.54) is 33.4 Å². The summed E-state index contributed by atoms with van der Waals surface area (Å²) in [5, 5.41) is 15.0. The quantitative estimate of drug-likeness (QED) is 0.291. The van der Waals surface area contributed by atoms with Crippen LogP contribution in [0.3, 0.4) is 0 Å². The number of aromatic hydroxyl groups is 1. The Hall–Kier alpha value is -4.43. The second-order valence-electron chi connectivity index (χ2n) is 8.45. The van der Waals surface area contributed by atoms with E-state index in [2.05, 4.69) is 84.9 Å². The van der Waals surface area contributed by atoms with E-state index in [1.54, 1.807) is 12.1 Å². The van der Waals surface area contributed by atoms with Crippen molar-refractivity contribution in [2.24, 2.45) is 0 Å². The highest BCUT2D eigenvalue weighted by molar-refractivity contribution is 6.09. The van der Waals surface area contributed by atoms with Gasteiger partial charge in [0.2, 0.25) is 0 Å². The maximum Gasteiger partial charge on any atom is 0.165 e. The highest BCUT2D eigenvalue weighted by atomic mass is 19.1. The molecule has 0 amide bonds. The average molecular weight is 441 g/mol. The van der Waals surface area contributed by atoms with Gasteiger partial charge in [0, 0.05) is 5.56 Å². The summed E-state index contributed by atoms with van der Waals surface area (Å²) in [6, 6.07) is 40.2. The molecule has 0 saturated heterocycles. The molecule has 0 saturated carbocycles. The molecule has 0 atom stereocenters. The molecule has 0 fully saturated rings. The molecule has 34 heavy (non-hydrogen) atoms. The van der Waals surface area contributed by atoms with E-state index < -0.39 is 5.82 Å². The Bertz CT molecular complexity index is 1680. The van der Waals surface area contributed by atoms with Gasteiger partial charge < -0.3 is 5.11 Å². The highest BCUT2D eigenvalue weighted by Gasteiger charge is 2.13. The van der Waals surface area contributed by atoms with Gasteiger partial charge in [-0.2, -0.15) is 0 Å². The van der Waals surface area contributed by atoms with Crippen LogP contribution in [0.2, 0.25) is 0 Å². The first-order valence-corrected chi connectivity index (χ1v) is 11.3. The second-order valence-corrected chi connectivity index (χ2v) is 8.45. The van der Waals surface area contributed by atoms with Gasteiger partial charge in [-0.3, -0.25) is 0 Å². The molecule has 1 N–H and O–H groups in total. The smallest absolute Gasteiger partial charge is 0.165 e. The zero-order valence-corrected chi connectivity index (χ0v) is 18.4. The summed E-state index contributed by atoms with van der Waals surface area (Å²) in [6.45, 7) is 0. The third-order valence-corrected chi connectivity index (χ3v) is 6.48. The molecule has 0 aliphatic rings. The minimum absolute atomic E-state index is 0.323. The maximum absolute atomic E-state index is 14.0. The zero-order chi connectivity index (χ0) is 23.1. The highest BCUT2D eigenvalue weighted by Crippen LogP contribution is 2.40. The molecular weight excluding hydrogens is 419 g/mol. The predicted octanol–water partition coefficient (Wildman–Crippen LogP) is 8.84. The molecule has 1 nitrogen and oxygen atoms in total. The van der Waals surface area contributed by atoms with Gasteiger partial charge in [-0.1, -0.05) is 109 Å². The molecule has 162 valence electrons. The number of halogens is 1. The predicted molar refractivity (Wildman–Crippen MR) is 139 cm³/mol. The van der Waals surface area contributed by atoms with Crippen molar-refractivity contribution in [3.63, 3.8) is 0 Å². The van der Waals surface area contributed by atoms with Crippen LogP contribution in [0, 0.1) is 5.82 Å². The molecule has 0 spiro atoms. The first-order chi connectivity index (χ1) is 16.7. The molecule has 6 rings (SSSR count). The summed E-state index contributed by atoms with van der Waals surface area (Å²) in [5.41, 5.74) is 5.77. The summed E-state index contributed by atoms with van der Waals surface area (Å²) in [5.74, 6) is -0.941. The molecule has 0 aliphatic heterocycles. The molecule has 6 aromatic carbocycles. The van der Waals surface area contributed by atoms with Crippen LogP contribution >= 0.6 is 0 Å². The van der Waals surface area contributed by atoms with Gasteiger partial charge in [0.25, 0.3) is 0 Å². The fourth-order valence-electron chi connectivity index (χ4n) is 4.85. The average Bonchev–Trinajstić information content (AvgIpc) is 2.89. The standard InChI is InChI=1S/C32H21FO/c33-31-17-7-15-26(32(31)34)23-11-5-10-22(20-23)25-18-19-30(29-14-4-3-13-27(25)29)28-16-6-9-21-8-1-2-12-24(21)28/h1-20,34H. The Kier molecular flexibility index (Phi) is 4.85. The number of para-hydroxylation sites is 1. The molecule has 0 heterocycles. The van der Waals surface area contributed by atoms with E-state index in [0.717, 1.165) is 22.1 Å². The van der Waals surface area contributed by atoms with Crippen LogP contribution in [-0.2, 0) is 0 Å². The molecule has 0 unspecified atom stereocenters. The van der Waals surface area contributed by atoms with Gasteiger partial charge in [0.1, 0.15) is 0 Å². The van der Waals surface area contributed by atoms with Crippen molar-refractivity contribution in [1.29, 1.82) is 0 Å². The molecule has 0 aliphatic carbocycles. The monoisotopic (exact) mass is 440 g/mol. The van der Waals surface area contributed by atoms with Crippen molar-refractivity contribution in [3.8, 4) is 39.1 Å². The lowest BCUT2D eigenvalue weighted by molar-refractivity contribution is 0.434. The van der Waals surface area contributed by atoms with E-state index >= 15 is 0 Å². The SMILES string of the molecule is Oc1c(F)cccc1-c1cccc(-c2ccc(-c3cccc4ccccc34)c3ccccc23)c1. The zero-order valence-electron chi connectivity index (χ0n) is 18.4. The van der Waals surface area contributed by atoms with Crippen molar-refractivity contribution in [2.45, 2.75) is 0 Å². The number of fused-ring (bicyclic) bond motifs is 2. The molecule has 0 radical (unpaired) electrons. The summed E-state index contributed by atoms with van der Waals surface area (Å²) in [4.78, 5) is 0. The Balaban J connectivity index is 1.55. The van der Waals surface area contributed by atoms with Gasteiger partial charge in [-0.25, -0.2) is 4.39 Å². The van der Waals surface area contributed by atoms with Crippen molar-refractivity contribution in [2.75, 3.05) is 0 Å². The Morgan fingerprint density at radius 2 is 0.971 bits per heavy atom. The Labute approximate surface area is 197 Å². The molecule has 2 heteroatoms. The van der Waals surface area contributed by atoms with E-state index in [4.69, 9.17) is 0 Å². The first kappa shape index (κ1) is 20.2. The van der Waals surface area contributed by atoms with E-state index in [0.29, 0.717) is 5.56 Å². The van der Waals surface area contributed by atoms with Crippen LogP contribution in [0.15, 0.2) is 121 Å². The number of benzene rings is 6. The normalized spacial score (nSPS) is 11.2. The topological polar surface area (TPSA) is 20.2 Å². The van der Waals surface area contributed by atoms with E-state index in [-0.39, 0.29) is 5.75 Å². The van der Waals surface area contributed by atoms with Crippen LogP contribution in [0.25, 0.3) is 54.9 Å². The third-order valence-electron chi connectivity index (χ3n) is 6.48. The fourth-order valence-corrected chi connectivity index (χ4v) is 4.85. The maximum atomic E-state index is 14.0. The van der Waals surface area contributed by atoms with Gasteiger partial charge in [0.05, 0.1) is 0 Å². The van der Waals surface area contributed by atoms with E-state index in [1.807, 2.05) is 18.2 Å². The molecular formula is C32H21FO. The summed E-state index contributed by atoms with van der Waals surface area (Å²) in [7, 11) is 0. The van der Waals surface area contributed by atoms with Crippen molar-refractivity contribution in [1.82, 2.24) is 0 Å². The Morgan fingerprint density at radius 3 is 1.79 bits per heavy atom. The van der Waals surface area contributed by atoms with Crippen LogP contribution in [0.4, 0.5) is 4.39 Å². The van der Waals surface area contributed by atoms with Gasteiger partial charge in [-0.15, -0.1) is 0 Å². The minimum atomic E-state index is -0.618. The number of phenols is 1. The molecule has 0 aromatic heterocycles. The summed E-state index contributed by atoms with van der Waals surface area (Å²) < 4.78 is 14.0. The van der Waals surface area contributed by atoms with Crippen LogP contribution in [0.5, 0.6) is 5.75 Å². The summed E-state index contributed by atoms with van der Waals surface area (Å²) in [6.07, 6.45) is 0. The lowest BCUT2D eigenvalue weighted by Crippen LogP contribution is -1.88. The second kappa shape index (κ2) is 8.17. The number of phenolic OH excluding ortho intramolecular Hbond substituents is 1. The van der Waals surface area contributed by atoms with Crippen LogP contribution in [0.1, 0.15) is 0 Å². The van der Waals surface area contributed by atoms with Gasteiger partial charge in [-0.05, 0) is 61.5 Å². The lowest BCUT2D eigenvalue weighted by Gasteiger charge is -2.15. The van der Waals surface area contributed by atoms with Crippen molar-refractivity contribution >= 4 is 21.5 Å². The third kappa shape index (κ3) is 3.32. The van der Waals surface area contributed by atoms with Crippen LogP contribution < -0.4 is 0 Å². The Morgan fingerprint density at radius 1 is 0.441 bits per heavy atom. The first-order valence-electron chi connectivity index (χ1n) is 11.3. The summed E-state index contributed by atoms with van der Waals surface area (Å²) >= 11 is 0.